The Morgan fingerprint density at radius 3 is 1.83 bits per heavy atom. The van der Waals surface area contributed by atoms with Gasteiger partial charge in [0.1, 0.15) is 6.04 Å². The molecule has 0 radical (unpaired) electrons. The van der Waals surface area contributed by atoms with Crippen LogP contribution in [0.1, 0.15) is 117 Å². The predicted octanol–water partition coefficient (Wildman–Crippen LogP) is 6.63. The van der Waals surface area contributed by atoms with Crippen LogP contribution in [-0.2, 0) is 14.3 Å². The van der Waals surface area contributed by atoms with Crippen molar-refractivity contribution < 1.29 is 19.1 Å². The van der Waals surface area contributed by atoms with Crippen molar-refractivity contribution in [2.75, 3.05) is 19.8 Å². The summed E-state index contributed by atoms with van der Waals surface area (Å²) in [5, 5.41) is 0. The lowest BCUT2D eigenvalue weighted by Gasteiger charge is -2.22. The molecule has 170 valence electrons. The number of hydrogen-bond acceptors (Lipinski definition) is 4. The molecule has 5 nitrogen and oxygen atoms in total. The Bertz CT molecular complexity index is 427. The van der Waals surface area contributed by atoms with E-state index in [4.69, 9.17) is 9.47 Å². The predicted molar refractivity (Wildman–Crippen MR) is 118 cm³/mol. The van der Waals surface area contributed by atoms with Crippen LogP contribution in [0.5, 0.6) is 0 Å². The van der Waals surface area contributed by atoms with E-state index in [2.05, 4.69) is 6.92 Å². The third-order valence-electron chi connectivity index (χ3n) is 5.68. The number of likely N-dealkylation sites (tertiary alicyclic amines) is 1. The fourth-order valence-corrected chi connectivity index (χ4v) is 3.89. The summed E-state index contributed by atoms with van der Waals surface area (Å²) in [7, 11) is 0. The molecule has 0 unspecified atom stereocenters. The molecule has 5 heteroatoms. The lowest BCUT2D eigenvalue weighted by molar-refractivity contribution is -0.148. The second-order valence-electron chi connectivity index (χ2n) is 8.38. The van der Waals surface area contributed by atoms with Crippen LogP contribution in [-0.4, -0.2) is 42.8 Å². The molecule has 1 fully saturated rings. The monoisotopic (exact) mass is 411 g/mol. The molecule has 0 spiro atoms. The molecule has 29 heavy (non-hydrogen) atoms. The summed E-state index contributed by atoms with van der Waals surface area (Å²) in [4.78, 5) is 25.8. The smallest absolute Gasteiger partial charge is 0.410 e. The van der Waals surface area contributed by atoms with Gasteiger partial charge >= 0.3 is 12.1 Å². The summed E-state index contributed by atoms with van der Waals surface area (Å²) in [5.74, 6) is -0.269. The summed E-state index contributed by atoms with van der Waals surface area (Å²) in [5.41, 5.74) is 0. The fourth-order valence-electron chi connectivity index (χ4n) is 3.89. The number of hydrogen-bond donors (Lipinski definition) is 0. The molecule has 0 aromatic heterocycles. The van der Waals surface area contributed by atoms with Crippen molar-refractivity contribution in [1.29, 1.82) is 0 Å². The van der Waals surface area contributed by atoms with E-state index in [1.165, 1.54) is 75.5 Å². The third-order valence-corrected chi connectivity index (χ3v) is 5.68. The number of amides is 1. The molecule has 1 rings (SSSR count). The largest absolute Gasteiger partial charge is 0.464 e. The summed E-state index contributed by atoms with van der Waals surface area (Å²) in [6.07, 6.45) is 18.8. The first kappa shape index (κ1) is 25.8. The second-order valence-corrected chi connectivity index (χ2v) is 8.38. The van der Waals surface area contributed by atoms with Crippen LogP contribution < -0.4 is 0 Å². The van der Waals surface area contributed by atoms with E-state index in [9.17, 15) is 9.59 Å². The van der Waals surface area contributed by atoms with E-state index in [1.54, 1.807) is 0 Å². The van der Waals surface area contributed by atoms with Crippen molar-refractivity contribution in [2.45, 2.75) is 123 Å². The topological polar surface area (TPSA) is 55.8 Å². The molecule has 1 atom stereocenters. The van der Waals surface area contributed by atoms with E-state index in [1.807, 2.05) is 6.92 Å². The lowest BCUT2D eigenvalue weighted by atomic mass is 10.0. The number of esters is 1. The van der Waals surface area contributed by atoms with Crippen molar-refractivity contribution >= 4 is 12.1 Å². The van der Waals surface area contributed by atoms with Gasteiger partial charge in [-0.15, -0.1) is 0 Å². The van der Waals surface area contributed by atoms with Crippen LogP contribution in [0.2, 0.25) is 0 Å². The average molecular weight is 412 g/mol. The van der Waals surface area contributed by atoms with Gasteiger partial charge in [-0.2, -0.15) is 0 Å². The lowest BCUT2D eigenvalue weighted by Crippen LogP contribution is -2.41. The summed E-state index contributed by atoms with van der Waals surface area (Å²) in [6.45, 7) is 5.67. The maximum Gasteiger partial charge on any atom is 0.410 e. The van der Waals surface area contributed by atoms with Crippen LogP contribution in [0, 0.1) is 0 Å². The minimum absolute atomic E-state index is 0.269. The highest BCUT2D eigenvalue weighted by atomic mass is 16.6. The number of carbonyl (C=O) groups is 2. The van der Waals surface area contributed by atoms with Crippen molar-refractivity contribution in [2.24, 2.45) is 0 Å². The van der Waals surface area contributed by atoms with Gasteiger partial charge in [0, 0.05) is 6.54 Å². The summed E-state index contributed by atoms with van der Waals surface area (Å²) in [6, 6.07) is -0.457. The Morgan fingerprint density at radius 1 is 0.724 bits per heavy atom. The molecule has 0 saturated carbocycles. The Morgan fingerprint density at radius 2 is 1.28 bits per heavy atom. The Hall–Kier alpha value is -1.26. The Balaban J connectivity index is 1.95. The van der Waals surface area contributed by atoms with Gasteiger partial charge in [0.15, 0.2) is 0 Å². The molecule has 1 amide bonds. The summed E-state index contributed by atoms with van der Waals surface area (Å²) < 4.78 is 10.6. The van der Waals surface area contributed by atoms with Crippen LogP contribution in [0.3, 0.4) is 0 Å². The number of rotatable bonds is 17. The van der Waals surface area contributed by atoms with Crippen LogP contribution in [0.15, 0.2) is 0 Å². The first-order valence-corrected chi connectivity index (χ1v) is 12.3. The maximum absolute atomic E-state index is 12.3. The Kier molecular flexibility index (Phi) is 15.6. The number of carbonyl (C=O) groups excluding carboxylic acids is 2. The SMILES string of the molecule is CCCCCCCCCCCCCCCOC(=O)[C@@H]1CCCN1C(=O)OCCC. The van der Waals surface area contributed by atoms with Crippen LogP contribution >= 0.6 is 0 Å². The highest BCUT2D eigenvalue weighted by Crippen LogP contribution is 2.20. The van der Waals surface area contributed by atoms with Crippen LogP contribution in [0.4, 0.5) is 4.79 Å². The molecule has 1 saturated heterocycles. The Labute approximate surface area is 178 Å². The van der Waals surface area contributed by atoms with Gasteiger partial charge in [0.2, 0.25) is 0 Å². The highest BCUT2D eigenvalue weighted by molar-refractivity contribution is 5.82. The van der Waals surface area contributed by atoms with E-state index in [0.29, 0.717) is 26.2 Å². The third kappa shape index (κ3) is 12.1. The molecule has 1 aliphatic rings. The van der Waals surface area contributed by atoms with E-state index in [-0.39, 0.29) is 12.1 Å². The van der Waals surface area contributed by atoms with Gasteiger partial charge < -0.3 is 9.47 Å². The zero-order valence-corrected chi connectivity index (χ0v) is 19.1. The van der Waals surface area contributed by atoms with Gasteiger partial charge in [-0.3, -0.25) is 4.90 Å². The van der Waals surface area contributed by atoms with Gasteiger partial charge in [0.25, 0.3) is 0 Å². The average Bonchev–Trinajstić information content (AvgIpc) is 3.22. The van der Waals surface area contributed by atoms with E-state index < -0.39 is 6.04 Å². The van der Waals surface area contributed by atoms with E-state index in [0.717, 1.165) is 25.7 Å². The van der Waals surface area contributed by atoms with Gasteiger partial charge in [0.05, 0.1) is 13.2 Å². The fraction of sp³-hybridized carbons (Fsp3) is 0.917. The highest BCUT2D eigenvalue weighted by Gasteiger charge is 2.36. The quantitative estimate of drug-likeness (QED) is 0.199. The molecule has 0 aromatic rings. The van der Waals surface area contributed by atoms with Gasteiger partial charge in [-0.1, -0.05) is 90.9 Å². The van der Waals surface area contributed by atoms with Crippen molar-refractivity contribution in [3.63, 3.8) is 0 Å². The standard InChI is InChI=1S/C24H45NO4/c1-3-5-6-7-8-9-10-11-12-13-14-15-16-21-28-23(26)22-18-17-19-25(22)24(27)29-20-4-2/h22H,3-21H2,1-2H3/t22-/m0/s1. The van der Waals surface area contributed by atoms with E-state index >= 15 is 0 Å². The molecule has 1 heterocycles. The number of unbranched alkanes of at least 4 members (excludes halogenated alkanes) is 12. The molecular formula is C24H45NO4. The maximum atomic E-state index is 12.3. The zero-order valence-electron chi connectivity index (χ0n) is 19.1. The molecule has 1 aliphatic heterocycles. The van der Waals surface area contributed by atoms with Crippen LogP contribution in [0.25, 0.3) is 0 Å². The van der Waals surface area contributed by atoms with Crippen molar-refractivity contribution in [1.82, 2.24) is 4.90 Å². The molecule has 0 aliphatic carbocycles. The molecule has 0 N–H and O–H groups in total. The minimum atomic E-state index is -0.457. The number of ether oxygens (including phenoxy) is 2. The number of nitrogens with zero attached hydrogens (tertiary/aromatic N) is 1. The minimum Gasteiger partial charge on any atom is -0.464 e. The second kappa shape index (κ2) is 17.6. The molecule has 0 bridgehead atoms. The molecule has 0 aromatic carbocycles. The normalized spacial score (nSPS) is 16.2. The first-order chi connectivity index (χ1) is 14.2. The van der Waals surface area contributed by atoms with Crippen molar-refractivity contribution in [3.05, 3.63) is 0 Å². The van der Waals surface area contributed by atoms with Gasteiger partial charge in [-0.25, -0.2) is 9.59 Å². The zero-order chi connectivity index (χ0) is 21.2. The summed E-state index contributed by atoms with van der Waals surface area (Å²) >= 11 is 0. The first-order valence-electron chi connectivity index (χ1n) is 12.3. The van der Waals surface area contributed by atoms with Gasteiger partial charge in [-0.05, 0) is 25.7 Å². The van der Waals surface area contributed by atoms with Crippen molar-refractivity contribution in [3.8, 4) is 0 Å². The molecular weight excluding hydrogens is 366 g/mol.